The van der Waals surface area contributed by atoms with Crippen LogP contribution in [0.1, 0.15) is 12.5 Å². The van der Waals surface area contributed by atoms with Gasteiger partial charge in [-0.25, -0.2) is 0 Å². The van der Waals surface area contributed by atoms with Crippen molar-refractivity contribution in [3.63, 3.8) is 0 Å². The van der Waals surface area contributed by atoms with Gasteiger partial charge in [-0.3, -0.25) is 5.43 Å². The Labute approximate surface area is 152 Å². The van der Waals surface area contributed by atoms with Crippen molar-refractivity contribution in [1.29, 1.82) is 0 Å². The highest BCUT2D eigenvalue weighted by Gasteiger charge is 2.07. The van der Waals surface area contributed by atoms with E-state index in [0.29, 0.717) is 17.4 Å². The summed E-state index contributed by atoms with van der Waals surface area (Å²) in [6.45, 7) is 2.56. The van der Waals surface area contributed by atoms with Gasteiger partial charge in [0, 0.05) is 5.56 Å². The number of fused-ring (bicyclic) bond motifs is 1. The predicted molar refractivity (Wildman–Crippen MR) is 104 cm³/mol. The summed E-state index contributed by atoms with van der Waals surface area (Å²) >= 11 is 6.13. The van der Waals surface area contributed by atoms with Gasteiger partial charge in [-0.1, -0.05) is 41.9 Å². The van der Waals surface area contributed by atoms with Crippen LogP contribution in [0.5, 0.6) is 11.5 Å². The van der Waals surface area contributed by atoms with Crippen molar-refractivity contribution in [2.75, 3.05) is 19.1 Å². The second-order valence-corrected chi connectivity index (χ2v) is 5.76. The number of methoxy groups -OCH3 is 1. The third-order valence-corrected chi connectivity index (χ3v) is 4.06. The first-order valence-corrected chi connectivity index (χ1v) is 8.38. The summed E-state index contributed by atoms with van der Waals surface area (Å²) in [6, 6.07) is 17.6. The van der Waals surface area contributed by atoms with Crippen molar-refractivity contribution in [2.24, 2.45) is 5.10 Å². The van der Waals surface area contributed by atoms with Crippen LogP contribution in [-0.4, -0.2) is 19.9 Å². The lowest BCUT2D eigenvalue weighted by molar-refractivity contribution is 0.340. The quantitative estimate of drug-likeness (QED) is 0.479. The van der Waals surface area contributed by atoms with Crippen LogP contribution in [0.25, 0.3) is 10.8 Å². The van der Waals surface area contributed by atoms with Crippen LogP contribution in [0.3, 0.4) is 0 Å². The average molecular weight is 355 g/mol. The number of nitrogens with one attached hydrogen (secondary N) is 1. The molecule has 0 saturated carbocycles. The van der Waals surface area contributed by atoms with E-state index < -0.39 is 0 Å². The van der Waals surface area contributed by atoms with E-state index in [1.165, 1.54) is 0 Å². The standard InChI is InChI=1S/C20H19ClN2O2/c1-3-25-19-10-8-14-6-4-5-7-16(14)17(19)13-22-23-15-9-11-20(24-2)18(21)12-15/h4-13,23H,3H2,1-2H3/b22-13+. The van der Waals surface area contributed by atoms with Crippen molar-refractivity contribution in [3.8, 4) is 11.5 Å². The zero-order chi connectivity index (χ0) is 17.6. The van der Waals surface area contributed by atoms with Crippen LogP contribution in [0.15, 0.2) is 59.7 Å². The molecule has 4 nitrogen and oxygen atoms in total. The molecule has 0 saturated heterocycles. The van der Waals surface area contributed by atoms with E-state index in [1.807, 2.05) is 37.3 Å². The molecule has 0 aromatic heterocycles. The maximum absolute atomic E-state index is 6.13. The van der Waals surface area contributed by atoms with Gasteiger partial charge in [-0.15, -0.1) is 0 Å². The summed E-state index contributed by atoms with van der Waals surface area (Å²) in [4.78, 5) is 0. The fourth-order valence-electron chi connectivity index (χ4n) is 2.60. The van der Waals surface area contributed by atoms with Gasteiger partial charge in [-0.05, 0) is 42.0 Å². The average Bonchev–Trinajstić information content (AvgIpc) is 2.63. The first-order valence-electron chi connectivity index (χ1n) is 8.00. The highest BCUT2D eigenvalue weighted by molar-refractivity contribution is 6.32. The summed E-state index contributed by atoms with van der Waals surface area (Å²) in [7, 11) is 1.59. The Bertz CT molecular complexity index is 909. The number of benzene rings is 3. The number of hydrogen-bond donors (Lipinski definition) is 1. The Balaban J connectivity index is 1.89. The molecule has 3 rings (SSSR count). The minimum atomic E-state index is 0.530. The van der Waals surface area contributed by atoms with Gasteiger partial charge in [0.1, 0.15) is 11.5 Å². The molecule has 0 aliphatic carbocycles. The third-order valence-electron chi connectivity index (χ3n) is 3.77. The molecule has 0 atom stereocenters. The van der Waals surface area contributed by atoms with Crippen molar-refractivity contribution in [3.05, 3.63) is 65.2 Å². The van der Waals surface area contributed by atoms with Gasteiger partial charge < -0.3 is 9.47 Å². The minimum Gasteiger partial charge on any atom is -0.495 e. The molecule has 0 aliphatic rings. The maximum Gasteiger partial charge on any atom is 0.137 e. The highest BCUT2D eigenvalue weighted by atomic mass is 35.5. The normalized spacial score (nSPS) is 11.0. The number of nitrogens with zero attached hydrogens (tertiary/aromatic N) is 1. The Morgan fingerprint density at radius 3 is 2.64 bits per heavy atom. The Morgan fingerprint density at radius 2 is 1.88 bits per heavy atom. The van der Waals surface area contributed by atoms with E-state index in [0.717, 1.165) is 27.8 Å². The molecule has 0 fully saturated rings. The van der Waals surface area contributed by atoms with Crippen molar-refractivity contribution in [1.82, 2.24) is 0 Å². The SMILES string of the molecule is CCOc1ccc2ccccc2c1/C=N/Nc1ccc(OC)c(Cl)c1. The second kappa shape index (κ2) is 7.90. The molecule has 25 heavy (non-hydrogen) atoms. The second-order valence-electron chi connectivity index (χ2n) is 5.35. The summed E-state index contributed by atoms with van der Waals surface area (Å²) < 4.78 is 10.9. The van der Waals surface area contributed by atoms with Gasteiger partial charge in [-0.2, -0.15) is 5.10 Å². The summed E-state index contributed by atoms with van der Waals surface area (Å²) in [5.41, 5.74) is 4.71. The zero-order valence-corrected chi connectivity index (χ0v) is 14.9. The number of rotatable bonds is 6. The van der Waals surface area contributed by atoms with Gasteiger partial charge in [0.25, 0.3) is 0 Å². The highest BCUT2D eigenvalue weighted by Crippen LogP contribution is 2.28. The molecule has 0 radical (unpaired) electrons. The topological polar surface area (TPSA) is 42.8 Å². The molecule has 0 bridgehead atoms. The molecular weight excluding hydrogens is 336 g/mol. The fraction of sp³-hybridized carbons (Fsp3) is 0.150. The lowest BCUT2D eigenvalue weighted by Gasteiger charge is -2.10. The number of hydrazone groups is 1. The van der Waals surface area contributed by atoms with E-state index in [1.54, 1.807) is 25.5 Å². The maximum atomic E-state index is 6.13. The Morgan fingerprint density at radius 1 is 1.08 bits per heavy atom. The monoisotopic (exact) mass is 354 g/mol. The van der Waals surface area contributed by atoms with E-state index in [9.17, 15) is 0 Å². The van der Waals surface area contributed by atoms with Gasteiger partial charge in [0.05, 0.1) is 30.6 Å². The Hall–Kier alpha value is -2.72. The lowest BCUT2D eigenvalue weighted by Crippen LogP contribution is -1.98. The molecule has 3 aromatic carbocycles. The molecule has 0 spiro atoms. The summed E-state index contributed by atoms with van der Waals surface area (Å²) in [5, 5.41) is 7.11. The molecule has 0 amide bonds. The van der Waals surface area contributed by atoms with Gasteiger partial charge in [0.2, 0.25) is 0 Å². The predicted octanol–water partition coefficient (Wildman–Crippen LogP) is 5.35. The number of ether oxygens (including phenoxy) is 2. The first-order chi connectivity index (χ1) is 12.2. The summed E-state index contributed by atoms with van der Waals surface area (Å²) in [6.07, 6.45) is 1.77. The van der Waals surface area contributed by atoms with Crippen molar-refractivity contribution < 1.29 is 9.47 Å². The van der Waals surface area contributed by atoms with Crippen LogP contribution >= 0.6 is 11.6 Å². The molecule has 0 unspecified atom stereocenters. The van der Waals surface area contributed by atoms with E-state index in [-0.39, 0.29) is 0 Å². The first kappa shape index (κ1) is 17.1. The molecule has 128 valence electrons. The fourth-order valence-corrected chi connectivity index (χ4v) is 2.86. The van der Waals surface area contributed by atoms with Crippen LogP contribution in [0, 0.1) is 0 Å². The molecule has 1 N–H and O–H groups in total. The Kier molecular flexibility index (Phi) is 5.41. The van der Waals surface area contributed by atoms with Crippen LogP contribution in [-0.2, 0) is 0 Å². The largest absolute Gasteiger partial charge is 0.495 e. The van der Waals surface area contributed by atoms with E-state index in [4.69, 9.17) is 21.1 Å². The third kappa shape index (κ3) is 3.86. The lowest BCUT2D eigenvalue weighted by atomic mass is 10.0. The number of hydrogen-bond acceptors (Lipinski definition) is 4. The number of anilines is 1. The van der Waals surface area contributed by atoms with Gasteiger partial charge >= 0.3 is 0 Å². The van der Waals surface area contributed by atoms with Crippen LogP contribution in [0.4, 0.5) is 5.69 Å². The zero-order valence-electron chi connectivity index (χ0n) is 14.1. The van der Waals surface area contributed by atoms with Crippen molar-refractivity contribution >= 4 is 34.3 Å². The summed E-state index contributed by atoms with van der Waals surface area (Å²) in [5.74, 6) is 1.43. The molecular formula is C20H19ClN2O2. The van der Waals surface area contributed by atoms with Crippen molar-refractivity contribution in [2.45, 2.75) is 6.92 Å². The van der Waals surface area contributed by atoms with E-state index >= 15 is 0 Å². The van der Waals surface area contributed by atoms with Crippen LogP contribution < -0.4 is 14.9 Å². The smallest absolute Gasteiger partial charge is 0.137 e. The minimum absolute atomic E-state index is 0.530. The van der Waals surface area contributed by atoms with E-state index in [2.05, 4.69) is 22.7 Å². The molecule has 3 aromatic rings. The van der Waals surface area contributed by atoms with Gasteiger partial charge in [0.15, 0.2) is 0 Å². The molecule has 0 aliphatic heterocycles. The van der Waals surface area contributed by atoms with Crippen LogP contribution in [0.2, 0.25) is 5.02 Å². The molecule has 0 heterocycles. The molecule has 5 heteroatoms. The number of halogens is 1.